The van der Waals surface area contributed by atoms with Crippen LogP contribution in [0.1, 0.15) is 5.69 Å². The smallest absolute Gasteiger partial charge is 0.214 e. The highest BCUT2D eigenvalue weighted by molar-refractivity contribution is 5.49. The molecule has 0 N–H and O–H groups in total. The van der Waals surface area contributed by atoms with Crippen LogP contribution in [-0.4, -0.2) is 41.1 Å². The van der Waals surface area contributed by atoms with Crippen molar-refractivity contribution in [3.8, 4) is 0 Å². The van der Waals surface area contributed by atoms with Gasteiger partial charge in [0.15, 0.2) is 11.6 Å². The van der Waals surface area contributed by atoms with Crippen LogP contribution < -0.4 is 9.80 Å². The van der Waals surface area contributed by atoms with Crippen LogP contribution >= 0.6 is 0 Å². The normalized spacial score (nSPS) is 15.4. The topological polar surface area (TPSA) is 45.2 Å². The van der Waals surface area contributed by atoms with Gasteiger partial charge in [0.2, 0.25) is 5.95 Å². The van der Waals surface area contributed by atoms with E-state index in [2.05, 4.69) is 15.0 Å². The summed E-state index contributed by atoms with van der Waals surface area (Å²) in [5, 5.41) is 0. The average molecular weight is 291 g/mol. The first-order valence-electron chi connectivity index (χ1n) is 6.73. The number of rotatable bonds is 2. The summed E-state index contributed by atoms with van der Waals surface area (Å²) < 4.78 is 27.2. The molecule has 0 amide bonds. The highest BCUT2D eigenvalue weighted by atomic mass is 19.1. The first kappa shape index (κ1) is 13.7. The maximum absolute atomic E-state index is 14.0. The molecule has 1 aliphatic heterocycles. The van der Waals surface area contributed by atoms with Crippen LogP contribution in [0.3, 0.4) is 0 Å². The Kier molecular flexibility index (Phi) is 3.64. The molecule has 1 saturated heterocycles. The fourth-order valence-electron chi connectivity index (χ4n) is 2.43. The number of halogens is 2. The molecule has 0 aliphatic carbocycles. The number of anilines is 2. The van der Waals surface area contributed by atoms with Gasteiger partial charge in [-0.05, 0) is 13.0 Å². The van der Waals surface area contributed by atoms with E-state index in [9.17, 15) is 8.78 Å². The van der Waals surface area contributed by atoms with Crippen LogP contribution in [0.5, 0.6) is 0 Å². The molecule has 0 unspecified atom stereocenters. The van der Waals surface area contributed by atoms with Crippen LogP contribution in [0.2, 0.25) is 0 Å². The van der Waals surface area contributed by atoms with Gasteiger partial charge in [0, 0.05) is 44.1 Å². The fraction of sp³-hybridized carbons (Fsp3) is 0.357. The summed E-state index contributed by atoms with van der Waals surface area (Å²) in [5.41, 5.74) is 1.14. The van der Waals surface area contributed by atoms with Gasteiger partial charge in [0.25, 0.3) is 0 Å². The van der Waals surface area contributed by atoms with Gasteiger partial charge < -0.3 is 9.80 Å². The summed E-state index contributed by atoms with van der Waals surface area (Å²) in [6.45, 7) is 4.21. The predicted octanol–water partition coefficient (Wildman–Crippen LogP) is 1.78. The Morgan fingerprint density at radius 3 is 2.43 bits per heavy atom. The monoisotopic (exact) mass is 291 g/mol. The predicted molar refractivity (Wildman–Crippen MR) is 75.3 cm³/mol. The Labute approximate surface area is 121 Å². The number of aromatic nitrogens is 3. The van der Waals surface area contributed by atoms with Crippen molar-refractivity contribution in [1.29, 1.82) is 0 Å². The maximum Gasteiger partial charge on any atom is 0.214 e. The lowest BCUT2D eigenvalue weighted by atomic mass is 10.2. The Hall–Kier alpha value is -2.31. The number of aryl methyl sites for hydroxylation is 1. The molecule has 2 aromatic rings. The number of hydrogen-bond acceptors (Lipinski definition) is 5. The Morgan fingerprint density at radius 2 is 1.71 bits per heavy atom. The lowest BCUT2D eigenvalue weighted by Crippen LogP contribution is -2.47. The zero-order valence-electron chi connectivity index (χ0n) is 11.6. The number of nitrogens with zero attached hydrogens (tertiary/aromatic N) is 5. The third kappa shape index (κ3) is 2.76. The molecule has 2 aromatic heterocycles. The van der Waals surface area contributed by atoms with Crippen molar-refractivity contribution in [3.63, 3.8) is 0 Å². The molecular weight excluding hydrogens is 276 g/mol. The molecule has 3 rings (SSSR count). The third-order valence-corrected chi connectivity index (χ3v) is 3.60. The SMILES string of the molecule is Cc1ncnc(N2CCN(c3ccnc(F)c3)CC2)c1F. The number of piperazine rings is 1. The molecule has 0 saturated carbocycles. The van der Waals surface area contributed by atoms with Crippen LogP contribution in [0.4, 0.5) is 20.3 Å². The second-order valence-electron chi connectivity index (χ2n) is 4.91. The summed E-state index contributed by atoms with van der Waals surface area (Å²) in [6, 6.07) is 3.18. The molecule has 0 atom stereocenters. The van der Waals surface area contributed by atoms with Gasteiger partial charge >= 0.3 is 0 Å². The van der Waals surface area contributed by atoms with E-state index in [1.54, 1.807) is 13.0 Å². The van der Waals surface area contributed by atoms with Gasteiger partial charge in [0.1, 0.15) is 6.33 Å². The number of hydrogen-bond donors (Lipinski definition) is 0. The summed E-state index contributed by atoms with van der Waals surface area (Å²) >= 11 is 0. The van der Waals surface area contributed by atoms with Crippen LogP contribution in [0, 0.1) is 18.7 Å². The van der Waals surface area contributed by atoms with Crippen LogP contribution in [0.15, 0.2) is 24.7 Å². The minimum Gasteiger partial charge on any atom is -0.368 e. The van der Waals surface area contributed by atoms with E-state index in [0.29, 0.717) is 37.7 Å². The summed E-state index contributed by atoms with van der Waals surface area (Å²) in [5.74, 6) is -0.531. The Balaban J connectivity index is 1.72. The molecule has 0 bridgehead atoms. The van der Waals surface area contributed by atoms with Crippen molar-refractivity contribution >= 4 is 11.5 Å². The second kappa shape index (κ2) is 5.59. The van der Waals surface area contributed by atoms with Crippen molar-refractivity contribution in [2.45, 2.75) is 6.92 Å². The van der Waals surface area contributed by atoms with E-state index >= 15 is 0 Å². The average Bonchev–Trinajstić information content (AvgIpc) is 2.50. The molecule has 3 heterocycles. The van der Waals surface area contributed by atoms with E-state index in [4.69, 9.17) is 0 Å². The summed E-state index contributed by atoms with van der Waals surface area (Å²) in [6.07, 6.45) is 2.82. The van der Waals surface area contributed by atoms with Gasteiger partial charge in [-0.15, -0.1) is 0 Å². The minimum absolute atomic E-state index is 0.336. The lowest BCUT2D eigenvalue weighted by molar-refractivity contribution is 0.569. The van der Waals surface area contributed by atoms with Gasteiger partial charge in [-0.2, -0.15) is 4.39 Å². The molecule has 0 radical (unpaired) electrons. The van der Waals surface area contributed by atoms with E-state index in [1.807, 2.05) is 9.80 Å². The van der Waals surface area contributed by atoms with Gasteiger partial charge in [0.05, 0.1) is 5.69 Å². The second-order valence-corrected chi connectivity index (χ2v) is 4.91. The Morgan fingerprint density at radius 1 is 1.00 bits per heavy atom. The highest BCUT2D eigenvalue weighted by Crippen LogP contribution is 2.21. The summed E-state index contributed by atoms with van der Waals surface area (Å²) in [7, 11) is 0. The largest absolute Gasteiger partial charge is 0.368 e. The first-order chi connectivity index (χ1) is 10.1. The minimum atomic E-state index is -0.493. The molecule has 21 heavy (non-hydrogen) atoms. The molecule has 0 spiro atoms. The van der Waals surface area contributed by atoms with Gasteiger partial charge in [-0.1, -0.05) is 0 Å². The molecular formula is C14H15F2N5. The molecule has 5 nitrogen and oxygen atoms in total. The first-order valence-corrected chi connectivity index (χ1v) is 6.73. The molecule has 1 fully saturated rings. The van der Waals surface area contributed by atoms with Crippen molar-refractivity contribution in [1.82, 2.24) is 15.0 Å². The van der Waals surface area contributed by atoms with E-state index < -0.39 is 5.95 Å². The zero-order valence-corrected chi connectivity index (χ0v) is 11.6. The highest BCUT2D eigenvalue weighted by Gasteiger charge is 2.22. The standard InChI is InChI=1S/C14H15F2N5/c1-10-13(16)14(19-9-18-10)21-6-4-20(5-7-21)11-2-3-17-12(15)8-11/h2-3,8-9H,4-7H2,1H3. The molecule has 0 aromatic carbocycles. The van der Waals surface area contributed by atoms with Gasteiger partial charge in [-0.25, -0.2) is 19.3 Å². The quantitative estimate of drug-likeness (QED) is 0.789. The molecule has 7 heteroatoms. The van der Waals surface area contributed by atoms with Crippen LogP contribution in [0.25, 0.3) is 0 Å². The fourth-order valence-corrected chi connectivity index (χ4v) is 2.43. The third-order valence-electron chi connectivity index (χ3n) is 3.60. The summed E-state index contributed by atoms with van der Waals surface area (Å²) in [4.78, 5) is 15.3. The Bertz CT molecular complexity index is 641. The maximum atomic E-state index is 14.0. The zero-order chi connectivity index (χ0) is 14.8. The molecule has 110 valence electrons. The van der Waals surface area contributed by atoms with E-state index in [-0.39, 0.29) is 5.82 Å². The van der Waals surface area contributed by atoms with Crippen LogP contribution in [-0.2, 0) is 0 Å². The van der Waals surface area contributed by atoms with E-state index in [1.165, 1.54) is 18.6 Å². The van der Waals surface area contributed by atoms with Crippen molar-refractivity contribution in [3.05, 3.63) is 42.1 Å². The number of pyridine rings is 1. The van der Waals surface area contributed by atoms with Crippen molar-refractivity contribution in [2.75, 3.05) is 36.0 Å². The lowest BCUT2D eigenvalue weighted by Gasteiger charge is -2.36. The molecule has 1 aliphatic rings. The van der Waals surface area contributed by atoms with Crippen molar-refractivity contribution in [2.24, 2.45) is 0 Å². The van der Waals surface area contributed by atoms with E-state index in [0.717, 1.165) is 5.69 Å². The van der Waals surface area contributed by atoms with Crippen molar-refractivity contribution < 1.29 is 8.78 Å². The van der Waals surface area contributed by atoms with Gasteiger partial charge in [-0.3, -0.25) is 0 Å².